The number of carbonyl (C=O) groups excluding carboxylic acids is 1. The predicted molar refractivity (Wildman–Crippen MR) is 253 cm³/mol. The van der Waals surface area contributed by atoms with E-state index in [9.17, 15) is 27.9 Å². The highest BCUT2D eigenvalue weighted by atomic mass is 32.2. The molecule has 9 rings (SSSR count). The summed E-state index contributed by atoms with van der Waals surface area (Å²) in [5.41, 5.74) is 9.64. The van der Waals surface area contributed by atoms with Crippen LogP contribution in [0.3, 0.4) is 0 Å². The summed E-state index contributed by atoms with van der Waals surface area (Å²) in [6, 6.07) is 32.8. The molecule has 1 saturated heterocycles. The number of hydrogen-bond acceptors (Lipinski definition) is 9. The highest BCUT2D eigenvalue weighted by molar-refractivity contribution is 7.92. The monoisotopic (exact) mass is 926 g/mol. The van der Waals surface area contributed by atoms with Gasteiger partial charge in [-0.2, -0.15) is 0 Å². The van der Waals surface area contributed by atoms with E-state index in [1.54, 1.807) is 40.8 Å². The van der Waals surface area contributed by atoms with Crippen LogP contribution in [0.5, 0.6) is 0 Å². The van der Waals surface area contributed by atoms with Crippen LogP contribution in [0.15, 0.2) is 133 Å². The number of benzene rings is 3. The first-order chi connectivity index (χ1) is 31.7. The largest absolute Gasteiger partial charge is 0.481 e. The zero-order valence-corrected chi connectivity index (χ0v) is 37.9. The minimum absolute atomic E-state index is 0.0150. The summed E-state index contributed by atoms with van der Waals surface area (Å²) in [6.45, 7) is 4.81. The minimum atomic E-state index is -3.37. The third-order valence-corrected chi connectivity index (χ3v) is 12.5. The van der Waals surface area contributed by atoms with Gasteiger partial charge in [0.25, 0.3) is 0 Å². The van der Waals surface area contributed by atoms with Gasteiger partial charge >= 0.3 is 18.0 Å². The zero-order chi connectivity index (χ0) is 46.5. The summed E-state index contributed by atoms with van der Waals surface area (Å²) in [5.74, 6) is 0.105. The van der Waals surface area contributed by atoms with Gasteiger partial charge < -0.3 is 33.2 Å². The molecule has 338 valence electrons. The fraction of sp³-hybridized carbons (Fsp3) is 0.188. The molecular weight excluding hydrogens is 881 g/mol. The van der Waals surface area contributed by atoms with Crippen LogP contribution in [0, 0.1) is 13.8 Å². The van der Waals surface area contributed by atoms with Crippen molar-refractivity contribution in [1.29, 1.82) is 0 Å². The second-order valence-electron chi connectivity index (χ2n) is 15.5. The number of nitrogens with zero attached hydrogens (tertiary/aromatic N) is 7. The van der Waals surface area contributed by atoms with Crippen molar-refractivity contribution in [2.45, 2.75) is 39.5 Å². The van der Waals surface area contributed by atoms with E-state index in [2.05, 4.69) is 42.8 Å². The molecule has 1 aliphatic heterocycles. The Bertz CT molecular complexity index is 3130. The number of aliphatic carboxylic acids is 2. The van der Waals surface area contributed by atoms with Crippen LogP contribution < -0.4 is 9.62 Å². The van der Waals surface area contributed by atoms with Crippen LogP contribution in [0.1, 0.15) is 35.9 Å². The molecule has 16 nitrogen and oxygen atoms in total. The van der Waals surface area contributed by atoms with E-state index in [-0.39, 0.29) is 18.9 Å². The lowest BCUT2D eigenvalue weighted by atomic mass is 10.1. The number of ether oxygens (including phenoxy) is 1. The Morgan fingerprint density at radius 1 is 0.697 bits per heavy atom. The van der Waals surface area contributed by atoms with Gasteiger partial charge in [0.05, 0.1) is 47.6 Å². The van der Waals surface area contributed by atoms with Crippen molar-refractivity contribution in [3.63, 3.8) is 0 Å². The van der Waals surface area contributed by atoms with E-state index in [1.807, 2.05) is 113 Å². The number of rotatable bonds is 15. The molecule has 5 aromatic heterocycles. The Morgan fingerprint density at radius 2 is 1.21 bits per heavy atom. The van der Waals surface area contributed by atoms with Crippen molar-refractivity contribution in [2.75, 3.05) is 29.0 Å². The van der Waals surface area contributed by atoms with Crippen LogP contribution in [0.2, 0.25) is 0 Å². The van der Waals surface area contributed by atoms with Gasteiger partial charge in [0.2, 0.25) is 10.0 Å². The number of aryl methyl sites for hydroxylation is 4. The molecule has 0 spiro atoms. The van der Waals surface area contributed by atoms with Crippen molar-refractivity contribution >= 4 is 50.8 Å². The molecule has 66 heavy (non-hydrogen) atoms. The van der Waals surface area contributed by atoms with Crippen molar-refractivity contribution in [3.05, 3.63) is 156 Å². The van der Waals surface area contributed by atoms with Gasteiger partial charge in [0.15, 0.2) is 0 Å². The number of thiophene rings is 1. The van der Waals surface area contributed by atoms with Crippen LogP contribution >= 0.6 is 11.3 Å². The summed E-state index contributed by atoms with van der Waals surface area (Å²) in [4.78, 5) is 45.5. The van der Waals surface area contributed by atoms with Crippen LogP contribution in [0.25, 0.3) is 44.6 Å². The van der Waals surface area contributed by atoms with Crippen molar-refractivity contribution in [1.82, 2.24) is 28.2 Å². The number of imidazole rings is 2. The molecule has 0 unspecified atom stereocenters. The molecule has 0 atom stereocenters. The fourth-order valence-corrected chi connectivity index (χ4v) is 9.29. The third-order valence-electron chi connectivity index (χ3n) is 10.9. The number of cyclic esters (lactones) is 1. The summed E-state index contributed by atoms with van der Waals surface area (Å²) in [6.07, 6.45) is 8.96. The van der Waals surface area contributed by atoms with Gasteiger partial charge in [-0.25, -0.2) is 23.2 Å². The second-order valence-corrected chi connectivity index (χ2v) is 18.1. The number of carboxylic acids is 2. The van der Waals surface area contributed by atoms with Gasteiger partial charge in [-0.3, -0.25) is 19.2 Å². The van der Waals surface area contributed by atoms with Crippen LogP contribution in [-0.2, 0) is 37.2 Å². The molecular formula is C48H46N8O8S2. The summed E-state index contributed by atoms with van der Waals surface area (Å²) in [5, 5.41) is 20.4. The second kappa shape index (κ2) is 19.2. The lowest BCUT2D eigenvalue weighted by Gasteiger charge is -2.17. The normalized spacial score (nSPS) is 12.5. The summed E-state index contributed by atoms with van der Waals surface area (Å²) < 4.78 is 38.6. The number of nitrogens with one attached hydrogen (secondary N) is 1. The highest BCUT2D eigenvalue weighted by Crippen LogP contribution is 2.35. The van der Waals surface area contributed by atoms with E-state index >= 15 is 0 Å². The molecule has 0 aliphatic carbocycles. The molecule has 8 aromatic rings. The Morgan fingerprint density at radius 3 is 1.73 bits per heavy atom. The summed E-state index contributed by atoms with van der Waals surface area (Å²) >= 11 is 1.59. The first-order valence-corrected chi connectivity index (χ1v) is 23.7. The highest BCUT2D eigenvalue weighted by Gasteiger charge is 2.24. The van der Waals surface area contributed by atoms with Gasteiger partial charge in [-0.1, -0.05) is 12.1 Å². The maximum absolute atomic E-state index is 11.9. The molecule has 6 heterocycles. The number of aromatic nitrogens is 6. The van der Waals surface area contributed by atoms with E-state index in [0.717, 1.165) is 79.6 Å². The molecule has 3 N–H and O–H groups in total. The van der Waals surface area contributed by atoms with Gasteiger partial charge in [-0.05, 0) is 123 Å². The van der Waals surface area contributed by atoms with E-state index in [1.165, 1.54) is 0 Å². The van der Waals surface area contributed by atoms with Crippen molar-refractivity contribution in [2.24, 2.45) is 0 Å². The van der Waals surface area contributed by atoms with Gasteiger partial charge in [0.1, 0.15) is 18.3 Å². The average molecular weight is 927 g/mol. The molecule has 18 heteroatoms. The number of sulfonamides is 1. The number of amides is 1. The maximum Gasteiger partial charge on any atom is 0.414 e. The number of anilines is 2. The predicted octanol–water partition coefficient (Wildman–Crippen LogP) is 8.70. The Labute approximate surface area is 384 Å². The topological polar surface area (TPSA) is 196 Å². The molecule has 1 fully saturated rings. The molecule has 0 bridgehead atoms. The van der Waals surface area contributed by atoms with Crippen LogP contribution in [0.4, 0.5) is 16.2 Å². The standard InChI is InChI=1S/C26H24N4O4.C22H22N4O4S2/c1-18-27-14-15-28(18)20-4-2-19(3-5-20)24-12-10-23(11-13-25(31)32)30(24)22-8-6-21(7-9-22)29-16-17-34-26(29)33;1-15-23-11-12-25(15)19-13-21(31-14-19)20-9-7-18(8-10-22(27)28)26(20)17-5-3-16(4-6-17)24-32(2,29)30/h2-10,12,14-15H,11,13,16-17H2,1H3,(H,31,32);3-7,9,11-14,24H,8,10H2,1-2H3,(H,27,28). The molecule has 1 aliphatic rings. The van der Waals surface area contributed by atoms with Crippen molar-refractivity contribution < 1.29 is 37.8 Å². The number of carboxylic acid groups (broad SMARTS) is 2. The van der Waals surface area contributed by atoms with Gasteiger partial charge in [-0.15, -0.1) is 11.3 Å². The smallest absolute Gasteiger partial charge is 0.414 e. The molecule has 0 saturated carbocycles. The van der Waals surface area contributed by atoms with E-state index < -0.39 is 22.0 Å². The Balaban J connectivity index is 0.000000180. The lowest BCUT2D eigenvalue weighted by molar-refractivity contribution is -0.138. The Hall–Kier alpha value is -7.70. The maximum atomic E-state index is 11.9. The van der Waals surface area contributed by atoms with E-state index in [4.69, 9.17) is 9.84 Å². The molecule has 0 radical (unpaired) electrons. The first-order valence-electron chi connectivity index (χ1n) is 20.9. The molecule has 1 amide bonds. The van der Waals surface area contributed by atoms with Gasteiger partial charge in [0, 0.05) is 70.0 Å². The summed E-state index contributed by atoms with van der Waals surface area (Å²) in [7, 11) is -3.37. The van der Waals surface area contributed by atoms with E-state index in [0.29, 0.717) is 31.7 Å². The number of carbonyl (C=O) groups is 3. The van der Waals surface area contributed by atoms with Crippen LogP contribution in [-0.4, -0.2) is 84.3 Å². The van der Waals surface area contributed by atoms with Crippen molar-refractivity contribution in [3.8, 4) is 44.6 Å². The SMILES string of the molecule is Cc1nccn1-c1ccc(-c2ccc(CCC(=O)O)n2-c2ccc(N3CCOC3=O)cc2)cc1.Cc1nccn1-c1csc(-c2ccc(CCC(=O)O)n2-c2ccc(NS(C)(=O)=O)cc2)c1. The lowest BCUT2D eigenvalue weighted by Crippen LogP contribution is -2.23. The Kier molecular flexibility index (Phi) is 13.0. The average Bonchev–Trinajstić information content (AvgIpc) is 4.16. The fourth-order valence-electron chi connectivity index (χ4n) is 7.83. The third kappa shape index (κ3) is 10.1. The number of hydrogen-bond donors (Lipinski definition) is 3. The first kappa shape index (κ1) is 44.9. The quantitative estimate of drug-likeness (QED) is 0.0895. The zero-order valence-electron chi connectivity index (χ0n) is 36.2. The molecule has 3 aromatic carbocycles. The minimum Gasteiger partial charge on any atom is -0.481 e.